The molecular weight excluding hydrogens is 489 g/mol. The molecule has 0 radical (unpaired) electrons. The summed E-state index contributed by atoms with van der Waals surface area (Å²) in [7, 11) is 4.15. The zero-order valence-electron chi connectivity index (χ0n) is 23.0. The maximum atomic E-state index is 13.7. The maximum absolute atomic E-state index is 13.7. The van der Waals surface area contributed by atoms with Crippen LogP contribution in [-0.2, 0) is 24.4 Å². The number of pyridine rings is 1. The molecule has 4 rings (SSSR count). The van der Waals surface area contributed by atoms with Crippen LogP contribution in [0, 0.1) is 0 Å². The Balaban J connectivity index is 1.63. The second-order valence-corrected chi connectivity index (χ2v) is 11.2. The van der Waals surface area contributed by atoms with E-state index in [2.05, 4.69) is 67.4 Å². The largest absolute Gasteiger partial charge is 0.419 e. The molecule has 9 heteroatoms. The molecule has 38 heavy (non-hydrogen) atoms. The summed E-state index contributed by atoms with van der Waals surface area (Å²) in [6, 6.07) is 10.8. The summed E-state index contributed by atoms with van der Waals surface area (Å²) in [5.41, 5.74) is 3.27. The highest BCUT2D eigenvalue weighted by Gasteiger charge is 2.36. The van der Waals surface area contributed by atoms with Crippen LogP contribution in [0.15, 0.2) is 42.6 Å². The van der Waals surface area contributed by atoms with Crippen LogP contribution in [0.2, 0.25) is 0 Å². The fraction of sp³-hybridized carbons (Fsp3) is 0.483. The van der Waals surface area contributed by atoms with Gasteiger partial charge in [-0.1, -0.05) is 39.8 Å². The van der Waals surface area contributed by atoms with E-state index in [0.717, 1.165) is 41.2 Å². The van der Waals surface area contributed by atoms with E-state index >= 15 is 0 Å². The number of nitrogens with one attached hydrogen (secondary N) is 1. The predicted octanol–water partition coefficient (Wildman–Crippen LogP) is 6.20. The fourth-order valence-corrected chi connectivity index (χ4v) is 5.09. The maximum Gasteiger partial charge on any atom is 0.419 e. The Morgan fingerprint density at radius 3 is 2.32 bits per heavy atom. The van der Waals surface area contributed by atoms with Crippen molar-refractivity contribution in [2.45, 2.75) is 58.0 Å². The van der Waals surface area contributed by atoms with Gasteiger partial charge in [0.25, 0.3) is 0 Å². The van der Waals surface area contributed by atoms with Gasteiger partial charge in [0.1, 0.15) is 17.5 Å². The van der Waals surface area contributed by atoms with E-state index in [-0.39, 0.29) is 17.2 Å². The molecule has 0 fully saturated rings. The number of aromatic nitrogens is 3. The van der Waals surface area contributed by atoms with Crippen LogP contribution in [0.5, 0.6) is 0 Å². The van der Waals surface area contributed by atoms with Crippen LogP contribution in [0.1, 0.15) is 61.8 Å². The van der Waals surface area contributed by atoms with Crippen LogP contribution >= 0.6 is 0 Å². The molecule has 0 spiro atoms. The number of hydrogen-bond acceptors (Lipinski definition) is 6. The van der Waals surface area contributed by atoms with E-state index in [1.54, 1.807) is 4.90 Å². The minimum atomic E-state index is -4.46. The Morgan fingerprint density at radius 1 is 1.00 bits per heavy atom. The molecular formula is C29H37F3N6. The summed E-state index contributed by atoms with van der Waals surface area (Å²) in [5, 5.41) is 3.49. The van der Waals surface area contributed by atoms with E-state index < -0.39 is 11.7 Å². The lowest BCUT2D eigenvalue weighted by atomic mass is 9.84. The highest BCUT2D eigenvalue weighted by Crippen LogP contribution is 2.36. The van der Waals surface area contributed by atoms with Gasteiger partial charge in [0.2, 0.25) is 0 Å². The number of rotatable bonds is 7. The van der Waals surface area contributed by atoms with Crippen molar-refractivity contribution in [2.24, 2.45) is 0 Å². The van der Waals surface area contributed by atoms with Crippen molar-refractivity contribution in [3.8, 4) is 0 Å². The van der Waals surface area contributed by atoms with Gasteiger partial charge in [-0.25, -0.2) is 15.0 Å². The average Bonchev–Trinajstić information content (AvgIpc) is 3.06. The highest BCUT2D eigenvalue weighted by molar-refractivity contribution is 5.62. The molecule has 1 aliphatic heterocycles. The first kappa shape index (κ1) is 27.8. The summed E-state index contributed by atoms with van der Waals surface area (Å²) in [5.74, 6) is 1.52. The molecule has 0 saturated carbocycles. The monoisotopic (exact) mass is 526 g/mol. The third-order valence-corrected chi connectivity index (χ3v) is 6.91. The third-order valence-electron chi connectivity index (χ3n) is 6.91. The predicted molar refractivity (Wildman–Crippen MR) is 146 cm³/mol. The van der Waals surface area contributed by atoms with Gasteiger partial charge in [0.15, 0.2) is 0 Å². The van der Waals surface area contributed by atoms with Gasteiger partial charge in [-0.15, -0.1) is 0 Å². The molecule has 1 aliphatic rings. The minimum Gasteiger partial charge on any atom is -0.355 e. The first-order valence-electron chi connectivity index (χ1n) is 13.0. The lowest BCUT2D eigenvalue weighted by Crippen LogP contribution is -2.32. The number of alkyl halides is 3. The average molecular weight is 527 g/mol. The summed E-state index contributed by atoms with van der Waals surface area (Å²) >= 11 is 0. The quantitative estimate of drug-likeness (QED) is 0.396. The van der Waals surface area contributed by atoms with Gasteiger partial charge in [0.05, 0.1) is 11.3 Å². The standard InChI is InChI=1S/C29H37F3N6/c1-19(2)25-35-24-14-17-38(27-23(29(30,31)32)8-7-15-33-27)16-13-22(24)26(36-25)34-21-11-9-20(10-12-21)28(3,4)18-37(5)6/h7-12,15,19H,13-14,16-18H2,1-6H3,(H,34,35,36). The van der Waals surface area contributed by atoms with Crippen molar-refractivity contribution in [1.29, 1.82) is 0 Å². The molecule has 1 N–H and O–H groups in total. The zero-order chi connectivity index (χ0) is 27.7. The van der Waals surface area contributed by atoms with Crippen LogP contribution in [-0.4, -0.2) is 53.6 Å². The second kappa shape index (κ2) is 10.9. The number of nitrogens with zero attached hydrogens (tertiary/aromatic N) is 5. The smallest absolute Gasteiger partial charge is 0.355 e. The number of hydrogen-bond donors (Lipinski definition) is 1. The first-order chi connectivity index (χ1) is 17.8. The lowest BCUT2D eigenvalue weighted by Gasteiger charge is -2.29. The van der Waals surface area contributed by atoms with E-state index in [0.29, 0.717) is 25.9 Å². The number of likely N-dealkylation sites (N-methyl/N-ethyl adjacent to an activating group) is 1. The summed E-state index contributed by atoms with van der Waals surface area (Å²) in [4.78, 5) is 17.7. The van der Waals surface area contributed by atoms with E-state index in [1.165, 1.54) is 17.8 Å². The fourth-order valence-electron chi connectivity index (χ4n) is 5.09. The van der Waals surface area contributed by atoms with E-state index in [9.17, 15) is 13.2 Å². The minimum absolute atomic E-state index is 0.00302. The van der Waals surface area contributed by atoms with Crippen molar-refractivity contribution in [3.63, 3.8) is 0 Å². The second-order valence-electron chi connectivity index (χ2n) is 11.2. The third kappa shape index (κ3) is 6.26. The molecule has 0 atom stereocenters. The molecule has 0 saturated heterocycles. The van der Waals surface area contributed by atoms with Gasteiger partial charge in [-0.3, -0.25) is 0 Å². The molecule has 204 valence electrons. The molecule has 1 aromatic carbocycles. The topological polar surface area (TPSA) is 57.2 Å². The molecule has 3 heterocycles. The number of fused-ring (bicyclic) bond motifs is 1. The van der Waals surface area contributed by atoms with Crippen molar-refractivity contribution >= 4 is 17.3 Å². The number of anilines is 3. The molecule has 0 aliphatic carbocycles. The zero-order valence-corrected chi connectivity index (χ0v) is 23.0. The van der Waals surface area contributed by atoms with Crippen LogP contribution < -0.4 is 10.2 Å². The Morgan fingerprint density at radius 2 is 1.68 bits per heavy atom. The lowest BCUT2D eigenvalue weighted by molar-refractivity contribution is -0.137. The number of halogens is 3. The Kier molecular flexibility index (Phi) is 7.97. The van der Waals surface area contributed by atoms with Crippen molar-refractivity contribution < 1.29 is 13.2 Å². The van der Waals surface area contributed by atoms with Crippen molar-refractivity contribution in [2.75, 3.05) is 43.9 Å². The molecule has 2 aromatic heterocycles. The summed E-state index contributed by atoms with van der Waals surface area (Å²) in [6.07, 6.45) is -2.03. The van der Waals surface area contributed by atoms with E-state index in [1.807, 2.05) is 13.8 Å². The SMILES string of the molecule is CC(C)c1nc2c(c(Nc3ccc(C(C)(C)CN(C)C)cc3)n1)CCN(c1ncccc1C(F)(F)F)CC2. The van der Waals surface area contributed by atoms with Gasteiger partial charge in [-0.2, -0.15) is 13.2 Å². The molecule has 6 nitrogen and oxygen atoms in total. The Bertz CT molecular complexity index is 1250. The van der Waals surface area contributed by atoms with Crippen molar-refractivity contribution in [1.82, 2.24) is 19.9 Å². The molecule has 0 amide bonds. The van der Waals surface area contributed by atoms with Crippen LogP contribution in [0.3, 0.4) is 0 Å². The van der Waals surface area contributed by atoms with Gasteiger partial charge in [-0.05, 0) is 50.3 Å². The summed E-state index contributed by atoms with van der Waals surface area (Å²) < 4.78 is 41.0. The highest BCUT2D eigenvalue weighted by atomic mass is 19.4. The summed E-state index contributed by atoms with van der Waals surface area (Å²) in [6.45, 7) is 10.3. The molecule has 0 bridgehead atoms. The van der Waals surface area contributed by atoms with Gasteiger partial charge >= 0.3 is 6.18 Å². The molecule has 3 aromatic rings. The molecule has 0 unspecified atom stereocenters. The van der Waals surface area contributed by atoms with Gasteiger partial charge < -0.3 is 15.1 Å². The van der Waals surface area contributed by atoms with Gasteiger partial charge in [0, 0.05) is 54.8 Å². The Labute approximate surface area is 223 Å². The first-order valence-corrected chi connectivity index (χ1v) is 13.0. The van der Waals surface area contributed by atoms with Crippen LogP contribution in [0.4, 0.5) is 30.5 Å². The van der Waals surface area contributed by atoms with Crippen LogP contribution in [0.25, 0.3) is 0 Å². The van der Waals surface area contributed by atoms with E-state index in [4.69, 9.17) is 9.97 Å². The normalized spacial score (nSPS) is 14.6. The number of benzene rings is 1. The Hall–Kier alpha value is -3.20. The van der Waals surface area contributed by atoms with Crippen molar-refractivity contribution in [3.05, 3.63) is 70.8 Å².